The molecule has 0 fully saturated rings. The summed E-state index contributed by atoms with van der Waals surface area (Å²) in [4.78, 5) is 11.7. The number of rotatable bonds is 13. The van der Waals surface area contributed by atoms with Crippen LogP contribution in [0.15, 0.2) is 58.8 Å². The van der Waals surface area contributed by atoms with Gasteiger partial charge >= 0.3 is 5.97 Å². The molecule has 0 unspecified atom stereocenters. The molecule has 1 atom stereocenters. The minimum absolute atomic E-state index is 0.0951. The Bertz CT molecular complexity index is 770. The van der Waals surface area contributed by atoms with Gasteiger partial charge in [0.05, 0.1) is 18.0 Å². The Hall–Kier alpha value is -2.69. The van der Waals surface area contributed by atoms with E-state index in [0.29, 0.717) is 18.3 Å². The lowest BCUT2D eigenvalue weighted by Crippen LogP contribution is -2.18. The molecule has 2 rings (SSSR count). The van der Waals surface area contributed by atoms with Crippen LogP contribution in [-0.4, -0.2) is 19.2 Å². The fourth-order valence-electron chi connectivity index (χ4n) is 2.75. The molecule has 0 saturated carbocycles. The summed E-state index contributed by atoms with van der Waals surface area (Å²) in [6, 6.07) is 15.4. The van der Waals surface area contributed by atoms with Gasteiger partial charge in [-0.25, -0.2) is 4.79 Å². The normalized spacial score (nSPS) is 12.1. The highest BCUT2D eigenvalue weighted by molar-refractivity contribution is 5.71. The van der Waals surface area contributed by atoms with E-state index in [2.05, 4.69) is 36.2 Å². The number of carbonyl (C=O) groups excluding carboxylic acids is 1. The van der Waals surface area contributed by atoms with Gasteiger partial charge in [0, 0.05) is 0 Å². The number of unbranched alkanes of at least 4 members (excludes halogenated alkanes) is 3. The highest BCUT2D eigenvalue weighted by Crippen LogP contribution is 2.22. The van der Waals surface area contributed by atoms with Crippen LogP contribution in [0.2, 0.25) is 0 Å². The molecule has 0 spiro atoms. The Morgan fingerprint density at radius 1 is 0.900 bits per heavy atom. The molecule has 5 heteroatoms. The lowest BCUT2D eigenvalue weighted by Gasteiger charge is -2.10. The zero-order valence-electron chi connectivity index (χ0n) is 18.5. The predicted molar refractivity (Wildman–Crippen MR) is 121 cm³/mol. The van der Waals surface area contributed by atoms with Crippen molar-refractivity contribution in [2.45, 2.75) is 59.3 Å². The van der Waals surface area contributed by atoms with E-state index in [-0.39, 0.29) is 12.6 Å². The quantitative estimate of drug-likeness (QED) is 0.199. The summed E-state index contributed by atoms with van der Waals surface area (Å²) >= 11 is 0. The molecule has 162 valence electrons. The molecule has 30 heavy (non-hydrogen) atoms. The Morgan fingerprint density at radius 3 is 2.13 bits per heavy atom. The molecule has 0 aliphatic heterocycles. The number of benzene rings is 2. The van der Waals surface area contributed by atoms with Crippen molar-refractivity contribution >= 4 is 17.3 Å². The van der Waals surface area contributed by atoms with Crippen LogP contribution in [0.25, 0.3) is 0 Å². The zero-order valence-corrected chi connectivity index (χ0v) is 18.5. The third kappa shape index (κ3) is 9.21. The van der Waals surface area contributed by atoms with Gasteiger partial charge in [0.1, 0.15) is 5.75 Å². The molecule has 2 aromatic carbocycles. The van der Waals surface area contributed by atoms with Crippen molar-refractivity contribution in [2.24, 2.45) is 16.1 Å². The minimum Gasteiger partial charge on any atom is -0.482 e. The van der Waals surface area contributed by atoms with Crippen molar-refractivity contribution in [1.82, 2.24) is 0 Å². The molecular formula is C25H34N2O3. The number of hydrogen-bond acceptors (Lipinski definition) is 5. The van der Waals surface area contributed by atoms with E-state index in [1.54, 1.807) is 12.1 Å². The maximum absolute atomic E-state index is 11.7. The van der Waals surface area contributed by atoms with Gasteiger partial charge in [0.2, 0.25) is 0 Å². The molecule has 0 amide bonds. The van der Waals surface area contributed by atoms with Crippen molar-refractivity contribution in [3.63, 3.8) is 0 Å². The first-order chi connectivity index (χ1) is 14.6. The van der Waals surface area contributed by atoms with Gasteiger partial charge in [0.15, 0.2) is 6.61 Å². The molecule has 0 aliphatic carbocycles. The molecular weight excluding hydrogens is 376 g/mol. The Balaban J connectivity index is 1.76. The van der Waals surface area contributed by atoms with Crippen LogP contribution in [0.1, 0.15) is 58.4 Å². The summed E-state index contributed by atoms with van der Waals surface area (Å²) in [5.74, 6) is 0.607. The Morgan fingerprint density at radius 2 is 1.53 bits per heavy atom. The summed E-state index contributed by atoms with van der Waals surface area (Å²) < 4.78 is 10.6. The standard InChI is InChI=1S/C25H34N2O3/c1-4-6-7-8-9-21-10-12-22(13-11-21)26-27-23-14-16-24(17-15-23)29-19-25(28)30-18-20(3)5-2/h10-17,20H,4-9,18-19H2,1-3H3/t20-/m0/s1. The first kappa shape index (κ1) is 23.6. The summed E-state index contributed by atoms with van der Waals surface area (Å²) in [7, 11) is 0. The number of aryl methyl sites for hydroxylation is 1. The fraction of sp³-hybridized carbons (Fsp3) is 0.480. The van der Waals surface area contributed by atoms with E-state index >= 15 is 0 Å². The SMILES string of the molecule is CCCCCCc1ccc(N=Nc2ccc(OCC(=O)OC[C@@H](C)CC)cc2)cc1. The van der Waals surface area contributed by atoms with Gasteiger partial charge in [-0.05, 0) is 60.7 Å². The van der Waals surface area contributed by atoms with Crippen molar-refractivity contribution in [3.8, 4) is 5.75 Å². The zero-order chi connectivity index (χ0) is 21.6. The second kappa shape index (κ2) is 13.5. The largest absolute Gasteiger partial charge is 0.482 e. The van der Waals surface area contributed by atoms with E-state index in [4.69, 9.17) is 9.47 Å². The van der Waals surface area contributed by atoms with Crippen molar-refractivity contribution in [1.29, 1.82) is 0 Å². The number of azo groups is 1. The first-order valence-electron chi connectivity index (χ1n) is 11.0. The van der Waals surface area contributed by atoms with Gasteiger partial charge in [0.25, 0.3) is 0 Å². The number of nitrogens with zero attached hydrogens (tertiary/aromatic N) is 2. The minimum atomic E-state index is -0.354. The third-order valence-electron chi connectivity index (χ3n) is 4.96. The summed E-state index contributed by atoms with van der Waals surface area (Å²) in [6.45, 7) is 6.68. The van der Waals surface area contributed by atoms with Crippen LogP contribution < -0.4 is 4.74 Å². The lowest BCUT2D eigenvalue weighted by molar-refractivity contribution is -0.147. The van der Waals surface area contributed by atoms with Gasteiger partial charge in [-0.2, -0.15) is 10.2 Å². The molecule has 0 saturated heterocycles. The highest BCUT2D eigenvalue weighted by atomic mass is 16.6. The number of carbonyl (C=O) groups is 1. The van der Waals surface area contributed by atoms with Gasteiger partial charge in [-0.3, -0.25) is 0 Å². The Labute approximate surface area is 180 Å². The van der Waals surface area contributed by atoms with Crippen LogP contribution in [0.4, 0.5) is 11.4 Å². The van der Waals surface area contributed by atoms with E-state index in [1.807, 2.05) is 31.2 Å². The van der Waals surface area contributed by atoms with Crippen LogP contribution >= 0.6 is 0 Å². The number of ether oxygens (including phenoxy) is 2. The molecule has 0 bridgehead atoms. The summed E-state index contributed by atoms with van der Waals surface area (Å²) in [5.41, 5.74) is 2.90. The van der Waals surface area contributed by atoms with Crippen LogP contribution in [0.3, 0.4) is 0 Å². The topological polar surface area (TPSA) is 60.2 Å². The summed E-state index contributed by atoms with van der Waals surface area (Å²) in [5, 5.41) is 8.56. The monoisotopic (exact) mass is 410 g/mol. The summed E-state index contributed by atoms with van der Waals surface area (Å²) in [6.07, 6.45) is 7.18. The smallest absolute Gasteiger partial charge is 0.344 e. The van der Waals surface area contributed by atoms with Crippen LogP contribution in [-0.2, 0) is 16.0 Å². The van der Waals surface area contributed by atoms with Crippen LogP contribution in [0, 0.1) is 5.92 Å². The maximum Gasteiger partial charge on any atom is 0.344 e. The van der Waals surface area contributed by atoms with Gasteiger partial charge in [-0.15, -0.1) is 0 Å². The molecule has 5 nitrogen and oxygen atoms in total. The molecule has 0 N–H and O–H groups in total. The maximum atomic E-state index is 11.7. The lowest BCUT2D eigenvalue weighted by atomic mass is 10.1. The predicted octanol–water partition coefficient (Wildman–Crippen LogP) is 7.19. The van der Waals surface area contributed by atoms with E-state index in [1.165, 1.54) is 31.2 Å². The van der Waals surface area contributed by atoms with Crippen molar-refractivity contribution < 1.29 is 14.3 Å². The third-order valence-corrected chi connectivity index (χ3v) is 4.96. The molecule has 0 radical (unpaired) electrons. The highest BCUT2D eigenvalue weighted by Gasteiger charge is 2.07. The second-order valence-electron chi connectivity index (χ2n) is 7.66. The number of esters is 1. The van der Waals surface area contributed by atoms with Gasteiger partial charge in [-0.1, -0.05) is 58.6 Å². The Kier molecular flexibility index (Phi) is 10.6. The number of hydrogen-bond donors (Lipinski definition) is 0. The first-order valence-corrected chi connectivity index (χ1v) is 11.0. The van der Waals surface area contributed by atoms with Gasteiger partial charge < -0.3 is 9.47 Å². The fourth-order valence-corrected chi connectivity index (χ4v) is 2.75. The molecule has 2 aromatic rings. The average Bonchev–Trinajstić information content (AvgIpc) is 2.79. The molecule has 0 aromatic heterocycles. The molecule has 0 aliphatic rings. The van der Waals surface area contributed by atoms with E-state index in [0.717, 1.165) is 24.2 Å². The van der Waals surface area contributed by atoms with E-state index < -0.39 is 0 Å². The van der Waals surface area contributed by atoms with Crippen molar-refractivity contribution in [3.05, 3.63) is 54.1 Å². The van der Waals surface area contributed by atoms with Crippen molar-refractivity contribution in [2.75, 3.05) is 13.2 Å². The molecule has 0 heterocycles. The van der Waals surface area contributed by atoms with E-state index in [9.17, 15) is 4.79 Å². The average molecular weight is 411 g/mol. The van der Waals surface area contributed by atoms with Crippen LogP contribution in [0.5, 0.6) is 5.75 Å². The second-order valence-corrected chi connectivity index (χ2v) is 7.66.